The Balaban J connectivity index is 2.76. The van der Waals surface area contributed by atoms with Gasteiger partial charge in [-0.1, -0.05) is 17.2 Å². The lowest BCUT2D eigenvalue weighted by Gasteiger charge is -2.13. The normalized spacial score (nSPS) is 12.0. The summed E-state index contributed by atoms with van der Waals surface area (Å²) in [5.41, 5.74) is 9.48. The van der Waals surface area contributed by atoms with Crippen molar-refractivity contribution in [3.8, 4) is 5.75 Å². The molecule has 0 bridgehead atoms. The van der Waals surface area contributed by atoms with E-state index in [1.165, 1.54) is 0 Å². The van der Waals surface area contributed by atoms with E-state index in [0.29, 0.717) is 12.8 Å². The summed E-state index contributed by atoms with van der Waals surface area (Å²) in [4.78, 5) is 2.85. The van der Waals surface area contributed by atoms with Crippen molar-refractivity contribution >= 4 is 0 Å². The lowest BCUT2D eigenvalue weighted by molar-refractivity contribution is 0.242. The molecule has 1 atom stereocenters. The van der Waals surface area contributed by atoms with Gasteiger partial charge < -0.3 is 9.84 Å². The van der Waals surface area contributed by atoms with E-state index >= 15 is 0 Å². The molecular formula is C13H19N3O2. The van der Waals surface area contributed by atoms with Gasteiger partial charge in [0.2, 0.25) is 0 Å². The van der Waals surface area contributed by atoms with Crippen molar-refractivity contribution in [3.05, 3.63) is 40.3 Å². The first-order chi connectivity index (χ1) is 8.67. The molecule has 1 aromatic rings. The van der Waals surface area contributed by atoms with Crippen LogP contribution in [0.25, 0.3) is 10.4 Å². The first-order valence-corrected chi connectivity index (χ1v) is 6.09. The summed E-state index contributed by atoms with van der Waals surface area (Å²) in [6, 6.07) is 7.31. The van der Waals surface area contributed by atoms with Crippen LogP contribution in [-0.4, -0.2) is 17.8 Å². The van der Waals surface area contributed by atoms with E-state index in [9.17, 15) is 0 Å². The molecule has 0 aliphatic rings. The lowest BCUT2D eigenvalue weighted by Crippen LogP contribution is -2.05. The third-order valence-electron chi connectivity index (χ3n) is 2.46. The monoisotopic (exact) mass is 249 g/mol. The van der Waals surface area contributed by atoms with Crippen LogP contribution in [0.5, 0.6) is 5.75 Å². The second-order valence-corrected chi connectivity index (χ2v) is 4.32. The highest BCUT2D eigenvalue weighted by Crippen LogP contribution is 2.25. The number of hydrogen-bond acceptors (Lipinski definition) is 3. The average molecular weight is 249 g/mol. The Hall–Kier alpha value is -1.71. The number of ether oxygens (including phenoxy) is 1. The third kappa shape index (κ3) is 4.65. The SMILES string of the molecule is CC(C)Oc1ccc(C(CCCO)N=[N+]=[N-])cc1. The molecule has 0 aromatic heterocycles. The van der Waals surface area contributed by atoms with E-state index in [0.717, 1.165) is 11.3 Å². The maximum Gasteiger partial charge on any atom is 0.119 e. The molecule has 5 nitrogen and oxygen atoms in total. The Kier molecular flexibility index (Phi) is 6.05. The summed E-state index contributed by atoms with van der Waals surface area (Å²) >= 11 is 0. The Labute approximate surface area is 107 Å². The van der Waals surface area contributed by atoms with Crippen LogP contribution in [-0.2, 0) is 0 Å². The fourth-order valence-electron chi connectivity index (χ4n) is 1.68. The molecule has 1 rings (SSSR count). The molecule has 0 saturated carbocycles. The second-order valence-electron chi connectivity index (χ2n) is 4.32. The van der Waals surface area contributed by atoms with E-state index in [4.69, 9.17) is 15.4 Å². The molecule has 0 heterocycles. The topological polar surface area (TPSA) is 78.2 Å². The van der Waals surface area contributed by atoms with Crippen LogP contribution >= 0.6 is 0 Å². The number of hydrogen-bond donors (Lipinski definition) is 1. The Bertz CT molecular complexity index is 397. The number of aliphatic hydroxyl groups is 1. The molecule has 0 spiro atoms. The molecule has 0 aliphatic carbocycles. The summed E-state index contributed by atoms with van der Waals surface area (Å²) in [5.74, 6) is 0.801. The van der Waals surface area contributed by atoms with Crippen molar-refractivity contribution in [3.63, 3.8) is 0 Å². The van der Waals surface area contributed by atoms with Crippen molar-refractivity contribution < 1.29 is 9.84 Å². The zero-order valence-electron chi connectivity index (χ0n) is 10.8. The molecule has 0 radical (unpaired) electrons. The van der Waals surface area contributed by atoms with Gasteiger partial charge in [0.15, 0.2) is 0 Å². The highest BCUT2D eigenvalue weighted by molar-refractivity contribution is 5.29. The molecule has 18 heavy (non-hydrogen) atoms. The zero-order valence-corrected chi connectivity index (χ0v) is 10.8. The van der Waals surface area contributed by atoms with Gasteiger partial charge in [-0.05, 0) is 49.9 Å². The number of benzene rings is 1. The fourth-order valence-corrected chi connectivity index (χ4v) is 1.68. The highest BCUT2D eigenvalue weighted by atomic mass is 16.5. The van der Waals surface area contributed by atoms with Crippen molar-refractivity contribution in [2.75, 3.05) is 6.61 Å². The molecule has 0 saturated heterocycles. The van der Waals surface area contributed by atoms with Crippen molar-refractivity contribution in [2.45, 2.75) is 38.8 Å². The summed E-state index contributed by atoms with van der Waals surface area (Å²) in [6.07, 6.45) is 1.40. The van der Waals surface area contributed by atoms with Gasteiger partial charge in [-0.15, -0.1) is 0 Å². The van der Waals surface area contributed by atoms with Gasteiger partial charge in [0.25, 0.3) is 0 Å². The van der Waals surface area contributed by atoms with Crippen LogP contribution in [0.1, 0.15) is 38.3 Å². The van der Waals surface area contributed by atoms with E-state index in [-0.39, 0.29) is 18.8 Å². The van der Waals surface area contributed by atoms with E-state index in [1.54, 1.807) is 0 Å². The smallest absolute Gasteiger partial charge is 0.119 e. The van der Waals surface area contributed by atoms with Gasteiger partial charge in [-0.3, -0.25) is 0 Å². The van der Waals surface area contributed by atoms with Crippen LogP contribution in [0, 0.1) is 0 Å². The molecule has 5 heteroatoms. The first kappa shape index (κ1) is 14.4. The summed E-state index contributed by atoms with van der Waals surface area (Å²) < 4.78 is 5.55. The summed E-state index contributed by atoms with van der Waals surface area (Å²) in [7, 11) is 0. The molecule has 1 unspecified atom stereocenters. The maximum atomic E-state index is 8.82. The number of aliphatic hydroxyl groups excluding tert-OH is 1. The van der Waals surface area contributed by atoms with Gasteiger partial charge >= 0.3 is 0 Å². The summed E-state index contributed by atoms with van der Waals surface area (Å²) in [6.45, 7) is 4.04. The zero-order chi connectivity index (χ0) is 13.4. The van der Waals surface area contributed by atoms with Gasteiger partial charge in [0.1, 0.15) is 5.75 Å². The van der Waals surface area contributed by atoms with Crippen LogP contribution in [0.2, 0.25) is 0 Å². The Morgan fingerprint density at radius 1 is 1.33 bits per heavy atom. The minimum absolute atomic E-state index is 0.103. The van der Waals surface area contributed by atoms with Gasteiger partial charge in [0, 0.05) is 11.5 Å². The van der Waals surface area contributed by atoms with Crippen LogP contribution in [0.4, 0.5) is 0 Å². The van der Waals surface area contributed by atoms with E-state index in [2.05, 4.69) is 10.0 Å². The lowest BCUT2D eigenvalue weighted by atomic mass is 10.0. The molecule has 0 amide bonds. The molecule has 0 aliphatic heterocycles. The fraction of sp³-hybridized carbons (Fsp3) is 0.538. The number of rotatable bonds is 7. The van der Waals surface area contributed by atoms with Crippen LogP contribution < -0.4 is 4.74 Å². The Morgan fingerprint density at radius 3 is 2.50 bits per heavy atom. The quantitative estimate of drug-likeness (QED) is 0.455. The first-order valence-electron chi connectivity index (χ1n) is 6.09. The van der Waals surface area contributed by atoms with Crippen molar-refractivity contribution in [2.24, 2.45) is 5.11 Å². The summed E-state index contributed by atoms with van der Waals surface area (Å²) in [5, 5.41) is 12.6. The predicted octanol–water partition coefficient (Wildman–Crippen LogP) is 3.60. The third-order valence-corrected chi connectivity index (χ3v) is 2.46. The average Bonchev–Trinajstić information content (AvgIpc) is 2.35. The molecule has 1 N–H and O–H groups in total. The molecule has 0 fully saturated rings. The second kappa shape index (κ2) is 7.58. The number of azide groups is 1. The molecule has 98 valence electrons. The van der Waals surface area contributed by atoms with Crippen LogP contribution in [0.3, 0.4) is 0 Å². The molecule has 1 aromatic carbocycles. The van der Waals surface area contributed by atoms with E-state index in [1.807, 2.05) is 38.1 Å². The van der Waals surface area contributed by atoms with Crippen LogP contribution in [0.15, 0.2) is 29.4 Å². The van der Waals surface area contributed by atoms with Crippen molar-refractivity contribution in [1.29, 1.82) is 0 Å². The van der Waals surface area contributed by atoms with Gasteiger partial charge in [-0.25, -0.2) is 0 Å². The minimum atomic E-state index is -0.227. The van der Waals surface area contributed by atoms with Crippen molar-refractivity contribution in [1.82, 2.24) is 0 Å². The van der Waals surface area contributed by atoms with E-state index < -0.39 is 0 Å². The van der Waals surface area contributed by atoms with Gasteiger partial charge in [0.05, 0.1) is 12.1 Å². The van der Waals surface area contributed by atoms with Gasteiger partial charge in [-0.2, -0.15) is 0 Å². The minimum Gasteiger partial charge on any atom is -0.491 e. The largest absolute Gasteiger partial charge is 0.491 e. The molecular weight excluding hydrogens is 230 g/mol. The number of nitrogens with zero attached hydrogens (tertiary/aromatic N) is 3. The highest BCUT2D eigenvalue weighted by Gasteiger charge is 2.09. The maximum absolute atomic E-state index is 8.82. The standard InChI is InChI=1S/C13H19N3O2/c1-10(2)18-12-7-5-11(6-8-12)13(15-16-14)4-3-9-17/h5-8,10,13,17H,3-4,9H2,1-2H3. The predicted molar refractivity (Wildman–Crippen MR) is 70.4 cm³/mol. The Morgan fingerprint density at radius 2 is 2.00 bits per heavy atom.